The molecule has 0 aliphatic carbocycles. The lowest BCUT2D eigenvalue weighted by Crippen LogP contribution is -2.49. The van der Waals surface area contributed by atoms with E-state index >= 15 is 0 Å². The number of rotatable bonds is 7. The fourth-order valence-corrected chi connectivity index (χ4v) is 5.10. The summed E-state index contributed by atoms with van der Waals surface area (Å²) in [7, 11) is -2.23. The van der Waals surface area contributed by atoms with Crippen LogP contribution in [0.2, 0.25) is 5.02 Å². The number of sulfonamides is 1. The van der Waals surface area contributed by atoms with Gasteiger partial charge in [-0.2, -0.15) is 4.31 Å². The van der Waals surface area contributed by atoms with Crippen LogP contribution in [-0.2, 0) is 19.6 Å². The minimum atomic E-state index is -3.73. The van der Waals surface area contributed by atoms with E-state index in [1.807, 2.05) is 0 Å². The lowest BCUT2D eigenvalue weighted by atomic mass is 9.98. The predicted molar refractivity (Wildman–Crippen MR) is 122 cm³/mol. The van der Waals surface area contributed by atoms with Crippen LogP contribution in [0.25, 0.3) is 0 Å². The fourth-order valence-electron chi connectivity index (χ4n) is 3.45. The molecule has 2 amide bonds. The molecule has 0 saturated carbocycles. The first kappa shape index (κ1) is 24.0. The molecule has 10 heteroatoms. The summed E-state index contributed by atoms with van der Waals surface area (Å²) in [6, 6.07) is 12.0. The van der Waals surface area contributed by atoms with Gasteiger partial charge >= 0.3 is 0 Å². The molecule has 2 aromatic rings. The van der Waals surface area contributed by atoms with Crippen molar-refractivity contribution >= 4 is 39.1 Å². The molecule has 0 spiro atoms. The molecule has 2 N–H and O–H groups in total. The number of anilines is 1. The van der Waals surface area contributed by atoms with E-state index in [1.54, 1.807) is 43.3 Å². The van der Waals surface area contributed by atoms with Crippen LogP contribution in [0.3, 0.4) is 0 Å². The lowest BCUT2D eigenvalue weighted by molar-refractivity contribution is -0.129. The zero-order chi connectivity index (χ0) is 23.3. The quantitative estimate of drug-likeness (QED) is 0.635. The number of benzene rings is 2. The first-order valence-corrected chi connectivity index (χ1v) is 12.0. The van der Waals surface area contributed by atoms with Gasteiger partial charge in [-0.05, 0) is 68.3 Å². The molecule has 1 fully saturated rings. The molecular formula is C22H26ClN3O5S. The molecule has 0 radical (unpaired) electrons. The summed E-state index contributed by atoms with van der Waals surface area (Å²) in [5.74, 6) is -0.703. The Morgan fingerprint density at radius 1 is 1.12 bits per heavy atom. The van der Waals surface area contributed by atoms with Gasteiger partial charge in [0.1, 0.15) is 11.8 Å². The maximum Gasteiger partial charge on any atom is 0.246 e. The smallest absolute Gasteiger partial charge is 0.246 e. The van der Waals surface area contributed by atoms with Crippen molar-refractivity contribution in [2.75, 3.05) is 25.5 Å². The first-order valence-electron chi connectivity index (χ1n) is 10.2. The Morgan fingerprint density at radius 3 is 2.41 bits per heavy atom. The van der Waals surface area contributed by atoms with Gasteiger partial charge in [-0.15, -0.1) is 0 Å². The summed E-state index contributed by atoms with van der Waals surface area (Å²) < 4.78 is 32.4. The molecule has 1 heterocycles. The van der Waals surface area contributed by atoms with Crippen LogP contribution >= 0.6 is 11.6 Å². The van der Waals surface area contributed by atoms with E-state index < -0.39 is 22.0 Å². The van der Waals surface area contributed by atoms with Crippen LogP contribution in [-0.4, -0.2) is 50.8 Å². The summed E-state index contributed by atoms with van der Waals surface area (Å²) in [6.07, 6.45) is 1.10. The maximum atomic E-state index is 13.0. The molecule has 172 valence electrons. The second-order valence-corrected chi connectivity index (χ2v) is 9.98. The highest BCUT2D eigenvalue weighted by atomic mass is 35.5. The summed E-state index contributed by atoms with van der Waals surface area (Å²) in [5, 5.41) is 5.96. The third-order valence-corrected chi connectivity index (χ3v) is 7.45. The van der Waals surface area contributed by atoms with Crippen LogP contribution in [0.5, 0.6) is 5.75 Å². The van der Waals surface area contributed by atoms with Crippen LogP contribution < -0.4 is 15.4 Å². The van der Waals surface area contributed by atoms with Crippen molar-refractivity contribution in [2.45, 2.75) is 30.7 Å². The minimum Gasteiger partial charge on any atom is -0.497 e. The van der Waals surface area contributed by atoms with Gasteiger partial charge in [0.05, 0.1) is 17.9 Å². The molecule has 2 atom stereocenters. The van der Waals surface area contributed by atoms with Crippen molar-refractivity contribution in [3.05, 3.63) is 53.6 Å². The summed E-state index contributed by atoms with van der Waals surface area (Å²) in [4.78, 5) is 25.3. The van der Waals surface area contributed by atoms with E-state index in [1.165, 1.54) is 23.5 Å². The van der Waals surface area contributed by atoms with E-state index in [-0.39, 0.29) is 23.3 Å². The first-order chi connectivity index (χ1) is 15.2. The van der Waals surface area contributed by atoms with Crippen LogP contribution in [0.1, 0.15) is 19.8 Å². The molecule has 0 bridgehead atoms. The molecule has 0 unspecified atom stereocenters. The Bertz CT molecular complexity index is 1060. The van der Waals surface area contributed by atoms with Gasteiger partial charge in [-0.1, -0.05) is 11.6 Å². The summed E-state index contributed by atoms with van der Waals surface area (Å²) in [5.41, 5.74) is 0.565. The number of nitrogens with zero attached hydrogens (tertiary/aromatic N) is 1. The SMILES string of the molecule is COc1ccc(S(=O)(=O)N2CCC[C@H](C(=O)N[C@H](C)C(=O)Nc3ccc(Cl)cc3)C2)cc1. The zero-order valence-corrected chi connectivity index (χ0v) is 19.4. The maximum absolute atomic E-state index is 13.0. The van der Waals surface area contributed by atoms with Gasteiger partial charge < -0.3 is 15.4 Å². The Labute approximate surface area is 192 Å². The average molecular weight is 480 g/mol. The number of hydrogen-bond donors (Lipinski definition) is 2. The highest BCUT2D eigenvalue weighted by molar-refractivity contribution is 7.89. The topological polar surface area (TPSA) is 105 Å². The van der Waals surface area contributed by atoms with Gasteiger partial charge in [0.2, 0.25) is 21.8 Å². The molecule has 2 aromatic carbocycles. The van der Waals surface area contributed by atoms with Crippen LogP contribution in [0.15, 0.2) is 53.4 Å². The number of methoxy groups -OCH3 is 1. The fraction of sp³-hybridized carbons (Fsp3) is 0.364. The molecule has 0 aromatic heterocycles. The Morgan fingerprint density at radius 2 is 1.78 bits per heavy atom. The Kier molecular flexibility index (Phi) is 7.76. The lowest BCUT2D eigenvalue weighted by Gasteiger charge is -2.31. The van der Waals surface area contributed by atoms with E-state index in [2.05, 4.69) is 10.6 Å². The highest BCUT2D eigenvalue weighted by Crippen LogP contribution is 2.25. The normalized spacial score (nSPS) is 17.9. The van der Waals surface area contributed by atoms with Crippen LogP contribution in [0.4, 0.5) is 5.69 Å². The number of carbonyl (C=O) groups is 2. The monoisotopic (exact) mass is 479 g/mol. The molecular weight excluding hydrogens is 454 g/mol. The van der Waals surface area contributed by atoms with Gasteiger partial charge in [0.25, 0.3) is 0 Å². The number of amides is 2. The van der Waals surface area contributed by atoms with Gasteiger partial charge in [0, 0.05) is 23.8 Å². The van der Waals surface area contributed by atoms with Crippen molar-refractivity contribution in [2.24, 2.45) is 5.92 Å². The van der Waals surface area contributed by atoms with Crippen molar-refractivity contribution in [1.82, 2.24) is 9.62 Å². The van der Waals surface area contributed by atoms with E-state index in [0.717, 1.165) is 0 Å². The second kappa shape index (κ2) is 10.3. The van der Waals surface area contributed by atoms with Crippen molar-refractivity contribution in [3.8, 4) is 5.75 Å². The summed E-state index contributed by atoms with van der Waals surface area (Å²) in [6.45, 7) is 1.98. The van der Waals surface area contributed by atoms with E-state index in [4.69, 9.17) is 16.3 Å². The number of nitrogens with one attached hydrogen (secondary N) is 2. The predicted octanol–water partition coefficient (Wildman–Crippen LogP) is 2.89. The Hall–Kier alpha value is -2.62. The zero-order valence-electron chi connectivity index (χ0n) is 17.9. The average Bonchev–Trinajstić information content (AvgIpc) is 2.80. The molecule has 1 saturated heterocycles. The highest BCUT2D eigenvalue weighted by Gasteiger charge is 2.34. The summed E-state index contributed by atoms with van der Waals surface area (Å²) >= 11 is 5.84. The van der Waals surface area contributed by atoms with Crippen molar-refractivity contribution in [1.29, 1.82) is 0 Å². The van der Waals surface area contributed by atoms with Crippen molar-refractivity contribution in [3.63, 3.8) is 0 Å². The standard InChI is InChI=1S/C22H26ClN3O5S/c1-15(21(27)25-18-7-5-17(23)6-8-18)24-22(28)16-4-3-13-26(14-16)32(29,30)20-11-9-19(31-2)10-12-20/h5-12,15-16H,3-4,13-14H2,1-2H3,(H,24,28)(H,25,27)/t15-,16+/m1/s1. The number of halogens is 1. The van der Waals surface area contributed by atoms with E-state index in [0.29, 0.717) is 35.8 Å². The number of ether oxygens (including phenoxy) is 1. The molecule has 8 nitrogen and oxygen atoms in total. The largest absolute Gasteiger partial charge is 0.497 e. The molecule has 3 rings (SSSR count). The number of carbonyl (C=O) groups excluding carboxylic acids is 2. The number of piperidine rings is 1. The second-order valence-electron chi connectivity index (χ2n) is 7.60. The van der Waals surface area contributed by atoms with Crippen LogP contribution in [0, 0.1) is 5.92 Å². The third-order valence-electron chi connectivity index (χ3n) is 5.32. The van der Waals surface area contributed by atoms with Crippen molar-refractivity contribution < 1.29 is 22.7 Å². The molecule has 32 heavy (non-hydrogen) atoms. The Balaban J connectivity index is 1.60. The molecule has 1 aliphatic heterocycles. The van der Waals surface area contributed by atoms with E-state index in [9.17, 15) is 18.0 Å². The van der Waals surface area contributed by atoms with Gasteiger partial charge in [0.15, 0.2) is 0 Å². The minimum absolute atomic E-state index is 0.0612. The number of hydrogen-bond acceptors (Lipinski definition) is 5. The van der Waals surface area contributed by atoms with Gasteiger partial charge in [-0.3, -0.25) is 9.59 Å². The molecule has 1 aliphatic rings. The van der Waals surface area contributed by atoms with Gasteiger partial charge in [-0.25, -0.2) is 8.42 Å². The third kappa shape index (κ3) is 5.79.